The number of hydrogen-bond donors (Lipinski definition) is 0. The van der Waals surface area contributed by atoms with E-state index in [-0.39, 0.29) is 39.6 Å². The molecule has 0 N–H and O–H groups in total. The molecular weight excluding hydrogens is 277 g/mol. The van der Waals surface area contributed by atoms with Crippen LogP contribution >= 0.6 is 0 Å². The van der Waals surface area contributed by atoms with Crippen LogP contribution in [0.25, 0.3) is 0 Å². The Morgan fingerprint density at radius 2 is 2.00 bits per heavy atom. The van der Waals surface area contributed by atoms with E-state index in [1.54, 1.807) is 0 Å². The Balaban J connectivity index is 2.65. The van der Waals surface area contributed by atoms with E-state index in [4.69, 9.17) is 0 Å². The maximum atomic E-state index is 11.4. The summed E-state index contributed by atoms with van der Waals surface area (Å²) in [5, 5.41) is 12.2. The van der Waals surface area contributed by atoms with Gasteiger partial charge >= 0.3 is 100.0 Å². The Hall–Kier alpha value is -0.871. The third-order valence-electron chi connectivity index (χ3n) is 2.30. The zero-order valence-electron chi connectivity index (χ0n) is 9.10. The molecule has 0 saturated carbocycles. The first-order chi connectivity index (χ1) is 7.57. The number of imide groups is 1. The van der Waals surface area contributed by atoms with Crippen molar-refractivity contribution in [3.8, 4) is 0 Å². The van der Waals surface area contributed by atoms with Gasteiger partial charge in [0.05, 0.1) is 0 Å². The number of hydrogen-bond acceptors (Lipinski definition) is 4. The van der Waals surface area contributed by atoms with Crippen LogP contribution in [0.2, 0.25) is 10.6 Å². The molecule has 1 aliphatic heterocycles. The topological polar surface area (TPSA) is 77.5 Å². The fourth-order valence-corrected chi connectivity index (χ4v) is 3.55. The van der Waals surface area contributed by atoms with Crippen LogP contribution in [0.1, 0.15) is 26.2 Å². The van der Waals surface area contributed by atoms with Gasteiger partial charge in [-0.3, -0.25) is 0 Å². The molecule has 0 aromatic rings. The van der Waals surface area contributed by atoms with Crippen LogP contribution in [0, 0.1) is 0 Å². The second-order valence-corrected chi connectivity index (χ2v) is 5.98. The summed E-state index contributed by atoms with van der Waals surface area (Å²) in [6.45, 7) is 2.02. The van der Waals surface area contributed by atoms with E-state index in [0.29, 0.717) is 5.32 Å². The first-order valence-electron chi connectivity index (χ1n) is 5.21. The van der Waals surface area contributed by atoms with Gasteiger partial charge in [-0.1, -0.05) is 0 Å². The second kappa shape index (κ2) is 6.01. The summed E-state index contributed by atoms with van der Waals surface area (Å²) in [4.78, 5) is 34.6. The van der Waals surface area contributed by atoms with Gasteiger partial charge in [-0.25, -0.2) is 0 Å². The predicted molar refractivity (Wildman–Crippen MR) is 55.5 cm³/mol. The van der Waals surface area contributed by atoms with Crippen molar-refractivity contribution < 1.29 is 19.5 Å². The number of rotatable bonds is 6. The van der Waals surface area contributed by atoms with E-state index < -0.39 is 12.0 Å². The molecule has 16 heavy (non-hydrogen) atoms. The van der Waals surface area contributed by atoms with Gasteiger partial charge in [-0.2, -0.15) is 0 Å². The average Bonchev–Trinajstić information content (AvgIpc) is 2.54. The number of carbonyl (C=O) groups excluding carboxylic acids is 3. The number of carboxylic acids is 1. The molecule has 5 nitrogen and oxygen atoms in total. The standard InChI is InChI=1S/C10H15NO4Se/c1-2-5-16-6-7(10(14)15)11-8(12)3-4-9(11)13/h7H,2-6H2,1H3,(H,14,15)/p-1. The molecule has 0 aromatic carbocycles. The van der Waals surface area contributed by atoms with Gasteiger partial charge in [0.15, 0.2) is 0 Å². The van der Waals surface area contributed by atoms with E-state index in [1.807, 2.05) is 6.92 Å². The SMILES string of the molecule is CCC[Se]CC(C(=O)[O-])N1C(=O)CCC1=O. The molecule has 1 fully saturated rings. The Morgan fingerprint density at radius 3 is 2.44 bits per heavy atom. The number of amides is 2. The van der Waals surface area contributed by atoms with Crippen LogP contribution in [0.4, 0.5) is 0 Å². The summed E-state index contributed by atoms with van der Waals surface area (Å²) in [7, 11) is 0. The molecule has 1 aliphatic rings. The molecule has 1 atom stereocenters. The molecule has 6 heteroatoms. The molecular formula is C10H14NO4Se-. The summed E-state index contributed by atoms with van der Waals surface area (Å²) in [6, 6.07) is -1.05. The van der Waals surface area contributed by atoms with E-state index in [9.17, 15) is 19.5 Å². The third-order valence-corrected chi connectivity index (χ3v) is 4.92. The monoisotopic (exact) mass is 292 g/mol. The Labute approximate surface area is 100 Å². The third kappa shape index (κ3) is 3.06. The van der Waals surface area contributed by atoms with Crippen LogP contribution in [0.15, 0.2) is 0 Å². The van der Waals surface area contributed by atoms with E-state index in [2.05, 4.69) is 0 Å². The Morgan fingerprint density at radius 1 is 1.44 bits per heavy atom. The van der Waals surface area contributed by atoms with Crippen LogP contribution in [0.5, 0.6) is 0 Å². The molecule has 0 radical (unpaired) electrons. The number of carbonyl (C=O) groups is 3. The number of carboxylic acid groups (broad SMARTS) is 1. The first kappa shape index (κ1) is 13.2. The van der Waals surface area contributed by atoms with Crippen LogP contribution in [0.3, 0.4) is 0 Å². The van der Waals surface area contributed by atoms with Crippen molar-refractivity contribution in [2.45, 2.75) is 42.9 Å². The van der Waals surface area contributed by atoms with Crippen molar-refractivity contribution >= 4 is 32.7 Å². The molecule has 0 bridgehead atoms. The Bertz CT molecular complexity index is 289. The molecule has 1 saturated heterocycles. The van der Waals surface area contributed by atoms with Crippen molar-refractivity contribution in [1.82, 2.24) is 4.90 Å². The van der Waals surface area contributed by atoms with Crippen molar-refractivity contribution in [3.05, 3.63) is 0 Å². The van der Waals surface area contributed by atoms with Crippen molar-refractivity contribution in [2.75, 3.05) is 0 Å². The molecule has 0 spiro atoms. The van der Waals surface area contributed by atoms with Gasteiger partial charge < -0.3 is 0 Å². The molecule has 1 unspecified atom stereocenters. The van der Waals surface area contributed by atoms with Crippen molar-refractivity contribution in [1.29, 1.82) is 0 Å². The molecule has 2 amide bonds. The van der Waals surface area contributed by atoms with Crippen LogP contribution in [-0.2, 0) is 14.4 Å². The van der Waals surface area contributed by atoms with Gasteiger partial charge in [0.1, 0.15) is 0 Å². The maximum absolute atomic E-state index is 11.4. The first-order valence-corrected chi connectivity index (χ1v) is 7.63. The molecule has 1 heterocycles. The minimum absolute atomic E-state index is 0.128. The predicted octanol–water partition coefficient (Wildman–Crippen LogP) is -0.795. The van der Waals surface area contributed by atoms with Crippen molar-refractivity contribution in [3.63, 3.8) is 0 Å². The number of aliphatic carboxylic acids is 1. The zero-order valence-corrected chi connectivity index (χ0v) is 10.8. The van der Waals surface area contributed by atoms with Crippen LogP contribution < -0.4 is 5.11 Å². The summed E-state index contributed by atoms with van der Waals surface area (Å²) in [6.07, 6.45) is 1.24. The summed E-state index contributed by atoms with van der Waals surface area (Å²) in [5.41, 5.74) is 0. The number of nitrogens with zero attached hydrogens (tertiary/aromatic N) is 1. The van der Waals surface area contributed by atoms with E-state index in [1.165, 1.54) is 0 Å². The van der Waals surface area contributed by atoms with Gasteiger partial charge in [-0.05, 0) is 0 Å². The van der Waals surface area contributed by atoms with Crippen LogP contribution in [-0.4, -0.2) is 43.7 Å². The van der Waals surface area contributed by atoms with E-state index >= 15 is 0 Å². The van der Waals surface area contributed by atoms with Gasteiger partial charge in [0.2, 0.25) is 0 Å². The molecule has 90 valence electrons. The fourth-order valence-electron chi connectivity index (χ4n) is 1.53. The number of likely N-dealkylation sites (tertiary alicyclic amines) is 1. The average molecular weight is 291 g/mol. The summed E-state index contributed by atoms with van der Waals surface area (Å²) >= 11 is 0.142. The minimum atomic E-state index is -1.32. The zero-order chi connectivity index (χ0) is 12.1. The van der Waals surface area contributed by atoms with Gasteiger partial charge in [-0.15, -0.1) is 0 Å². The second-order valence-electron chi connectivity index (χ2n) is 3.57. The Kier molecular flexibility index (Phi) is 4.96. The fraction of sp³-hybridized carbons (Fsp3) is 0.700. The summed E-state index contributed by atoms with van der Waals surface area (Å²) < 4.78 is 0. The summed E-state index contributed by atoms with van der Waals surface area (Å²) in [5.74, 6) is -2.08. The molecule has 1 rings (SSSR count). The van der Waals surface area contributed by atoms with Crippen molar-refractivity contribution in [2.24, 2.45) is 0 Å². The molecule has 0 aromatic heterocycles. The quantitative estimate of drug-likeness (QED) is 0.365. The normalized spacial score (nSPS) is 17.9. The molecule has 0 aliphatic carbocycles. The van der Waals surface area contributed by atoms with E-state index in [0.717, 1.165) is 16.6 Å². The van der Waals surface area contributed by atoms with Gasteiger partial charge in [0, 0.05) is 0 Å². The van der Waals surface area contributed by atoms with Gasteiger partial charge in [0.25, 0.3) is 0 Å².